The van der Waals surface area contributed by atoms with E-state index in [4.69, 9.17) is 41.4 Å². The van der Waals surface area contributed by atoms with Crippen molar-refractivity contribution < 1.29 is 46.9 Å². The predicted molar refractivity (Wildman–Crippen MR) is 119 cm³/mol. The normalized spacial score (nSPS) is 15.6. The van der Waals surface area contributed by atoms with Crippen LogP contribution in [-0.2, 0) is 28.6 Å². The van der Waals surface area contributed by atoms with Crippen molar-refractivity contribution in [1.29, 1.82) is 0 Å². The number of rotatable bonds is 8. The van der Waals surface area contributed by atoms with Gasteiger partial charge in [0.2, 0.25) is 0 Å². The minimum Gasteiger partial charge on any atom is -0.475 e. The summed E-state index contributed by atoms with van der Waals surface area (Å²) in [6.07, 6.45) is -5.08. The van der Waals surface area contributed by atoms with Crippen LogP contribution in [0.3, 0.4) is 0 Å². The van der Waals surface area contributed by atoms with Gasteiger partial charge in [0.15, 0.2) is 0 Å². The number of methoxy groups -OCH3 is 1. The standard InChI is InChI=1S/C20H25ClN2O5.C2HF3O2/c1-4-28-20(25)18-15(11-27-10-9-22)23-12(2)16(19(24)26-3)17(18)13-7-5-6-8-14(13)21;3-2(4,5)1(6)7/h5-8,17,23H,4,9-11,22H2,1-3H3;(H,6,7). The molecule has 0 saturated carbocycles. The molecule has 35 heavy (non-hydrogen) atoms. The van der Waals surface area contributed by atoms with Crippen molar-refractivity contribution in [3.63, 3.8) is 0 Å². The van der Waals surface area contributed by atoms with E-state index in [0.29, 0.717) is 40.7 Å². The van der Waals surface area contributed by atoms with Gasteiger partial charge < -0.3 is 30.4 Å². The molecule has 1 aromatic carbocycles. The van der Waals surface area contributed by atoms with Crippen molar-refractivity contribution in [2.75, 3.05) is 33.5 Å². The first-order valence-electron chi connectivity index (χ1n) is 10.2. The number of carbonyl (C=O) groups excluding carboxylic acids is 2. The van der Waals surface area contributed by atoms with E-state index in [1.165, 1.54) is 7.11 Å². The molecule has 0 bridgehead atoms. The average Bonchev–Trinajstić information content (AvgIpc) is 2.78. The summed E-state index contributed by atoms with van der Waals surface area (Å²) in [5.41, 5.74) is 7.70. The Balaban J connectivity index is 0.000000762. The van der Waals surface area contributed by atoms with Gasteiger partial charge >= 0.3 is 24.1 Å². The maximum Gasteiger partial charge on any atom is 0.490 e. The van der Waals surface area contributed by atoms with Gasteiger partial charge in [-0.25, -0.2) is 14.4 Å². The first kappa shape index (κ1) is 29.9. The second kappa shape index (κ2) is 13.7. The van der Waals surface area contributed by atoms with Gasteiger partial charge in [-0.15, -0.1) is 0 Å². The van der Waals surface area contributed by atoms with Gasteiger partial charge in [0.1, 0.15) is 0 Å². The first-order chi connectivity index (χ1) is 16.4. The third kappa shape index (κ3) is 8.26. The number of ether oxygens (including phenoxy) is 3. The molecule has 0 radical (unpaired) electrons. The van der Waals surface area contributed by atoms with Crippen LogP contribution in [0, 0.1) is 0 Å². The molecule has 1 atom stereocenters. The van der Waals surface area contributed by atoms with Crippen LogP contribution in [0.25, 0.3) is 0 Å². The number of nitrogens with one attached hydrogen (secondary N) is 1. The molecule has 0 spiro atoms. The molecule has 1 heterocycles. The predicted octanol–water partition coefficient (Wildman–Crippen LogP) is 2.90. The molecule has 1 aliphatic rings. The van der Waals surface area contributed by atoms with Gasteiger partial charge in [-0.2, -0.15) is 13.2 Å². The molecule has 0 aliphatic carbocycles. The Morgan fingerprint density at radius 1 is 1.17 bits per heavy atom. The first-order valence-corrected chi connectivity index (χ1v) is 10.6. The Hall–Kier alpha value is -3.09. The molecule has 1 unspecified atom stereocenters. The highest BCUT2D eigenvalue weighted by Crippen LogP contribution is 2.41. The molecular formula is C22H26ClF3N2O7. The van der Waals surface area contributed by atoms with Crippen molar-refractivity contribution in [3.8, 4) is 0 Å². The molecule has 1 aliphatic heterocycles. The Morgan fingerprint density at radius 3 is 2.26 bits per heavy atom. The lowest BCUT2D eigenvalue weighted by Crippen LogP contribution is -2.35. The van der Waals surface area contributed by atoms with Crippen LogP contribution in [0.2, 0.25) is 5.02 Å². The van der Waals surface area contributed by atoms with E-state index in [-0.39, 0.29) is 18.8 Å². The number of hydrogen-bond acceptors (Lipinski definition) is 8. The van der Waals surface area contributed by atoms with Crippen molar-refractivity contribution >= 4 is 29.5 Å². The maximum atomic E-state index is 12.9. The van der Waals surface area contributed by atoms with E-state index >= 15 is 0 Å². The monoisotopic (exact) mass is 522 g/mol. The number of carboxylic acid groups (broad SMARTS) is 1. The van der Waals surface area contributed by atoms with Gasteiger partial charge in [0.05, 0.1) is 49.7 Å². The number of aliphatic carboxylic acids is 1. The van der Waals surface area contributed by atoms with Crippen LogP contribution < -0.4 is 11.1 Å². The highest BCUT2D eigenvalue weighted by molar-refractivity contribution is 6.31. The van der Waals surface area contributed by atoms with Crippen LogP contribution in [0.5, 0.6) is 0 Å². The SMILES string of the molecule is CCOC(=O)C1=C(COCCN)NC(C)=C(C(=O)OC)C1c1ccccc1Cl.O=C(O)C(F)(F)F. The number of carboxylic acids is 1. The van der Waals surface area contributed by atoms with Crippen molar-refractivity contribution in [3.05, 3.63) is 57.4 Å². The molecule has 0 fully saturated rings. The topological polar surface area (TPSA) is 137 Å². The van der Waals surface area contributed by atoms with Crippen LogP contribution in [0.1, 0.15) is 25.3 Å². The Bertz CT molecular complexity index is 994. The smallest absolute Gasteiger partial charge is 0.475 e. The molecule has 4 N–H and O–H groups in total. The molecule has 13 heteroatoms. The fraction of sp³-hybridized carbons (Fsp3) is 0.409. The largest absolute Gasteiger partial charge is 0.490 e. The summed E-state index contributed by atoms with van der Waals surface area (Å²) in [5, 5.41) is 10.6. The number of esters is 2. The van der Waals surface area contributed by atoms with E-state index < -0.39 is 30.0 Å². The van der Waals surface area contributed by atoms with Crippen molar-refractivity contribution in [2.45, 2.75) is 25.9 Å². The zero-order valence-electron chi connectivity index (χ0n) is 19.2. The quantitative estimate of drug-likeness (QED) is 0.347. The zero-order chi connectivity index (χ0) is 26.8. The number of hydrogen-bond donors (Lipinski definition) is 3. The number of allylic oxidation sites excluding steroid dienone is 1. The second-order valence-electron chi connectivity index (χ2n) is 6.87. The minimum atomic E-state index is -5.08. The summed E-state index contributed by atoms with van der Waals surface area (Å²) in [6.45, 7) is 4.42. The Kier molecular flexibility index (Phi) is 11.7. The van der Waals surface area contributed by atoms with Crippen LogP contribution >= 0.6 is 11.6 Å². The van der Waals surface area contributed by atoms with E-state index in [1.807, 2.05) is 0 Å². The molecule has 194 valence electrons. The third-order valence-corrected chi connectivity index (χ3v) is 4.86. The molecule has 0 amide bonds. The van der Waals surface area contributed by atoms with Crippen LogP contribution in [0.4, 0.5) is 13.2 Å². The van der Waals surface area contributed by atoms with Crippen LogP contribution in [-0.4, -0.2) is 62.7 Å². The highest BCUT2D eigenvalue weighted by atomic mass is 35.5. The van der Waals surface area contributed by atoms with E-state index in [9.17, 15) is 22.8 Å². The van der Waals surface area contributed by atoms with E-state index in [0.717, 1.165) is 0 Å². The van der Waals surface area contributed by atoms with Gasteiger partial charge in [0, 0.05) is 17.3 Å². The molecular weight excluding hydrogens is 497 g/mol. The molecule has 9 nitrogen and oxygen atoms in total. The summed E-state index contributed by atoms with van der Waals surface area (Å²) in [5.74, 6) is -4.62. The van der Waals surface area contributed by atoms with Gasteiger partial charge in [-0.3, -0.25) is 0 Å². The number of alkyl halides is 3. The zero-order valence-corrected chi connectivity index (χ0v) is 20.0. The summed E-state index contributed by atoms with van der Waals surface area (Å²) in [7, 11) is 1.29. The molecule has 2 rings (SSSR count). The molecule has 0 aromatic heterocycles. The second-order valence-corrected chi connectivity index (χ2v) is 7.27. The van der Waals surface area contributed by atoms with Gasteiger partial charge in [0.25, 0.3) is 0 Å². The van der Waals surface area contributed by atoms with Gasteiger partial charge in [-0.1, -0.05) is 29.8 Å². The van der Waals surface area contributed by atoms with Crippen molar-refractivity contribution in [1.82, 2.24) is 5.32 Å². The molecule has 1 aromatic rings. The number of carbonyl (C=O) groups is 3. The Labute approximate surface area is 204 Å². The lowest BCUT2D eigenvalue weighted by Gasteiger charge is -2.31. The molecule has 0 saturated heterocycles. The number of halogens is 4. The Morgan fingerprint density at radius 2 is 1.77 bits per heavy atom. The average molecular weight is 523 g/mol. The van der Waals surface area contributed by atoms with E-state index in [2.05, 4.69) is 5.32 Å². The summed E-state index contributed by atoms with van der Waals surface area (Å²) in [6, 6.07) is 7.05. The summed E-state index contributed by atoms with van der Waals surface area (Å²) in [4.78, 5) is 34.4. The fourth-order valence-electron chi connectivity index (χ4n) is 3.12. The number of nitrogens with two attached hydrogens (primary N) is 1. The number of benzene rings is 1. The lowest BCUT2D eigenvalue weighted by molar-refractivity contribution is -0.192. The van der Waals surface area contributed by atoms with Crippen LogP contribution in [0.15, 0.2) is 46.8 Å². The third-order valence-electron chi connectivity index (χ3n) is 4.51. The summed E-state index contributed by atoms with van der Waals surface area (Å²) < 4.78 is 47.5. The fourth-order valence-corrected chi connectivity index (χ4v) is 3.36. The highest BCUT2D eigenvalue weighted by Gasteiger charge is 2.40. The van der Waals surface area contributed by atoms with E-state index in [1.54, 1.807) is 38.1 Å². The summed E-state index contributed by atoms with van der Waals surface area (Å²) >= 11 is 6.42. The number of dihydropyridines is 1. The minimum absolute atomic E-state index is 0.109. The van der Waals surface area contributed by atoms with Gasteiger partial charge in [-0.05, 0) is 25.5 Å². The maximum absolute atomic E-state index is 12.9. The van der Waals surface area contributed by atoms with Crippen molar-refractivity contribution in [2.24, 2.45) is 5.73 Å². The lowest BCUT2D eigenvalue weighted by atomic mass is 9.80.